The lowest BCUT2D eigenvalue weighted by Gasteiger charge is -2.07. The second-order valence-electron chi connectivity index (χ2n) is 4.46. The van der Waals surface area contributed by atoms with Gasteiger partial charge in [0.2, 0.25) is 5.88 Å². The minimum absolute atomic E-state index is 0.0265. The van der Waals surface area contributed by atoms with Crippen molar-refractivity contribution in [2.45, 2.75) is 13.8 Å². The van der Waals surface area contributed by atoms with Gasteiger partial charge in [-0.05, 0) is 30.0 Å². The first-order valence-corrected chi connectivity index (χ1v) is 8.16. The minimum Gasteiger partial charge on any atom is -0.439 e. The van der Waals surface area contributed by atoms with Crippen LogP contribution in [0.15, 0.2) is 30.5 Å². The molecule has 0 radical (unpaired) electrons. The smallest absolute Gasteiger partial charge is 0.439 e. The van der Waals surface area contributed by atoms with Gasteiger partial charge in [-0.25, -0.2) is 4.98 Å². The molecule has 1 atom stereocenters. The molecule has 1 unspecified atom stereocenters. The lowest BCUT2D eigenvalue weighted by atomic mass is 10.2. The highest BCUT2D eigenvalue weighted by Gasteiger charge is 2.34. The fourth-order valence-electron chi connectivity index (χ4n) is 1.79. The Balaban J connectivity index is 2.43. The molecule has 2 rings (SSSR count). The molecule has 0 saturated carbocycles. The van der Waals surface area contributed by atoms with Crippen molar-refractivity contribution in [3.05, 3.63) is 51.2 Å². The van der Waals surface area contributed by atoms with E-state index in [-0.39, 0.29) is 23.5 Å². The van der Waals surface area contributed by atoms with Crippen molar-refractivity contribution >= 4 is 30.6 Å². The van der Waals surface area contributed by atoms with Gasteiger partial charge in [-0.15, -0.1) is 4.52 Å². The molecule has 0 aliphatic rings. The van der Waals surface area contributed by atoms with Crippen LogP contribution in [0.2, 0.25) is 5.02 Å². The molecule has 0 spiro atoms. The number of aryl methyl sites for hydroxylation is 1. The number of ether oxygens (including phenoxy) is 1. The zero-order chi connectivity index (χ0) is 17.0. The van der Waals surface area contributed by atoms with Crippen LogP contribution in [0.5, 0.6) is 11.6 Å². The van der Waals surface area contributed by atoms with E-state index in [1.165, 1.54) is 18.3 Å². The fraction of sp³-hybridized carbons (Fsp3) is 0.214. The predicted molar refractivity (Wildman–Crippen MR) is 86.0 cm³/mol. The summed E-state index contributed by atoms with van der Waals surface area (Å²) < 4.78 is 22.7. The molecular weight excluding hydrogens is 343 g/mol. The molecule has 0 aliphatic heterocycles. The SMILES string of the molecule is CCO[P+](=O)c1cc(Oc2ccc(Cl)cn2)c(C)cc1[N+](=O)[O-]. The summed E-state index contributed by atoms with van der Waals surface area (Å²) in [5.74, 6) is 0.576. The maximum absolute atomic E-state index is 12.1. The van der Waals surface area contributed by atoms with Crippen molar-refractivity contribution < 1.29 is 18.7 Å². The molecule has 0 aliphatic carbocycles. The number of rotatable bonds is 6. The lowest BCUT2D eigenvalue weighted by Crippen LogP contribution is -2.08. The second-order valence-corrected chi connectivity index (χ2v) is 6.15. The summed E-state index contributed by atoms with van der Waals surface area (Å²) >= 11 is 5.75. The number of nitro groups is 1. The van der Waals surface area contributed by atoms with Crippen molar-refractivity contribution in [2.75, 3.05) is 6.61 Å². The minimum atomic E-state index is -2.35. The predicted octanol–water partition coefficient (Wildman–Crippen LogP) is 4.15. The van der Waals surface area contributed by atoms with Crippen LogP contribution >= 0.6 is 19.6 Å². The number of pyridine rings is 1. The molecular formula is C14H13ClN2O5P+. The molecule has 0 amide bonds. The van der Waals surface area contributed by atoms with Gasteiger partial charge in [0.05, 0.1) is 9.95 Å². The topological polar surface area (TPSA) is 91.6 Å². The molecule has 1 heterocycles. The number of aromatic nitrogens is 1. The number of nitro benzene ring substituents is 1. The maximum atomic E-state index is 12.1. The Morgan fingerprint density at radius 2 is 2.13 bits per heavy atom. The van der Waals surface area contributed by atoms with E-state index in [1.807, 2.05) is 0 Å². The van der Waals surface area contributed by atoms with Crippen molar-refractivity contribution in [1.82, 2.24) is 4.98 Å². The van der Waals surface area contributed by atoms with E-state index in [0.717, 1.165) is 0 Å². The van der Waals surface area contributed by atoms with Crippen molar-refractivity contribution in [1.29, 1.82) is 0 Å². The molecule has 1 aromatic carbocycles. The fourth-order valence-corrected chi connectivity index (χ4v) is 2.83. The summed E-state index contributed by atoms with van der Waals surface area (Å²) in [6, 6.07) is 5.81. The van der Waals surface area contributed by atoms with E-state index in [4.69, 9.17) is 20.9 Å². The second kappa shape index (κ2) is 7.46. The highest BCUT2D eigenvalue weighted by molar-refractivity contribution is 7.48. The van der Waals surface area contributed by atoms with Crippen molar-refractivity contribution in [3.8, 4) is 11.6 Å². The van der Waals surface area contributed by atoms with Crippen LogP contribution < -0.4 is 10.0 Å². The number of hydrogen-bond acceptors (Lipinski definition) is 6. The Bertz CT molecular complexity index is 752. The first-order valence-electron chi connectivity index (χ1n) is 6.61. The van der Waals surface area contributed by atoms with E-state index in [9.17, 15) is 14.7 Å². The largest absolute Gasteiger partial charge is 0.556 e. The summed E-state index contributed by atoms with van der Waals surface area (Å²) in [6.45, 7) is 3.48. The highest BCUT2D eigenvalue weighted by Crippen LogP contribution is 2.33. The Morgan fingerprint density at radius 1 is 1.39 bits per heavy atom. The van der Waals surface area contributed by atoms with E-state index in [0.29, 0.717) is 16.3 Å². The van der Waals surface area contributed by atoms with Crippen LogP contribution in [-0.2, 0) is 9.09 Å². The Morgan fingerprint density at radius 3 is 2.70 bits per heavy atom. The molecule has 7 nitrogen and oxygen atoms in total. The zero-order valence-electron chi connectivity index (χ0n) is 12.4. The molecule has 9 heteroatoms. The van der Waals surface area contributed by atoms with Gasteiger partial charge in [0.25, 0.3) is 0 Å². The highest BCUT2D eigenvalue weighted by atomic mass is 35.5. The van der Waals surface area contributed by atoms with E-state index < -0.39 is 13.0 Å². The first kappa shape index (κ1) is 17.3. The van der Waals surface area contributed by atoms with Gasteiger partial charge in [0.1, 0.15) is 12.4 Å². The van der Waals surface area contributed by atoms with Crippen LogP contribution in [0.3, 0.4) is 0 Å². The van der Waals surface area contributed by atoms with Gasteiger partial charge in [0.15, 0.2) is 0 Å². The number of halogens is 1. The van der Waals surface area contributed by atoms with Crippen molar-refractivity contribution in [2.24, 2.45) is 0 Å². The van der Waals surface area contributed by atoms with Gasteiger partial charge < -0.3 is 4.74 Å². The molecule has 0 fully saturated rings. The molecule has 0 bridgehead atoms. The number of nitrogens with zero attached hydrogens (tertiary/aromatic N) is 2. The van der Waals surface area contributed by atoms with Gasteiger partial charge in [0, 0.05) is 24.4 Å². The molecule has 2 aromatic rings. The van der Waals surface area contributed by atoms with Gasteiger partial charge in [-0.2, -0.15) is 0 Å². The summed E-state index contributed by atoms with van der Waals surface area (Å²) in [6.07, 6.45) is 1.42. The first-order chi connectivity index (χ1) is 10.9. The monoisotopic (exact) mass is 355 g/mol. The van der Waals surface area contributed by atoms with E-state index in [2.05, 4.69) is 4.98 Å². The van der Waals surface area contributed by atoms with Gasteiger partial charge in [-0.1, -0.05) is 11.6 Å². The summed E-state index contributed by atoms with van der Waals surface area (Å²) in [5.41, 5.74) is 0.241. The third-order valence-electron chi connectivity index (χ3n) is 2.83. The third-order valence-corrected chi connectivity index (χ3v) is 4.29. The standard InChI is InChI=1S/C14H13ClN2O5P/c1-3-21-23(20)13-7-12(9(2)6-11(13)17(18)19)22-14-5-4-10(15)8-16-14/h4-8H,3H2,1-2H3/q+1. The molecule has 0 saturated heterocycles. The van der Waals surface area contributed by atoms with Crippen LogP contribution in [0.25, 0.3) is 0 Å². The van der Waals surface area contributed by atoms with Crippen molar-refractivity contribution in [3.63, 3.8) is 0 Å². The van der Waals surface area contributed by atoms with Crippen LogP contribution in [0.4, 0.5) is 5.69 Å². The molecule has 23 heavy (non-hydrogen) atoms. The number of benzene rings is 1. The van der Waals surface area contributed by atoms with Gasteiger partial charge in [-0.3, -0.25) is 10.1 Å². The summed E-state index contributed by atoms with van der Waals surface area (Å²) in [4.78, 5) is 14.5. The zero-order valence-corrected chi connectivity index (χ0v) is 14.0. The Labute approximate surface area is 138 Å². The average molecular weight is 356 g/mol. The summed E-state index contributed by atoms with van der Waals surface area (Å²) in [5, 5.41) is 11.6. The summed E-state index contributed by atoms with van der Waals surface area (Å²) in [7, 11) is -2.35. The maximum Gasteiger partial charge on any atom is 0.556 e. The Hall–Kier alpha value is -2.08. The molecule has 0 N–H and O–H groups in total. The quantitative estimate of drug-likeness (QED) is 0.439. The van der Waals surface area contributed by atoms with Gasteiger partial charge >= 0.3 is 19.0 Å². The van der Waals surface area contributed by atoms with Crippen LogP contribution in [0, 0.1) is 17.0 Å². The normalized spacial score (nSPS) is 11.2. The van der Waals surface area contributed by atoms with Crippen LogP contribution in [-0.4, -0.2) is 16.5 Å². The van der Waals surface area contributed by atoms with E-state index in [1.54, 1.807) is 26.0 Å². The van der Waals surface area contributed by atoms with E-state index >= 15 is 0 Å². The number of hydrogen-bond donors (Lipinski definition) is 0. The lowest BCUT2D eigenvalue weighted by molar-refractivity contribution is -0.383. The molecule has 1 aromatic heterocycles. The Kier molecular flexibility index (Phi) is 5.60. The van der Waals surface area contributed by atoms with Crippen LogP contribution in [0.1, 0.15) is 12.5 Å². The third kappa shape index (κ3) is 4.22. The molecule has 120 valence electrons. The average Bonchev–Trinajstić information content (AvgIpc) is 2.51.